The second-order valence-corrected chi connectivity index (χ2v) is 8.54. The molecular weight excluding hydrogens is 402 g/mol. The van der Waals surface area contributed by atoms with Crippen molar-refractivity contribution in [3.63, 3.8) is 0 Å². The van der Waals surface area contributed by atoms with Gasteiger partial charge in [-0.2, -0.15) is 16.8 Å². The molecule has 3 rings (SSSR count). The summed E-state index contributed by atoms with van der Waals surface area (Å²) in [7, 11) is -9.67. The summed E-state index contributed by atoms with van der Waals surface area (Å²) in [6, 6.07) is 2.48. The van der Waals surface area contributed by atoms with E-state index in [1.54, 1.807) is 0 Å². The first-order chi connectivity index (χ1) is 12.4. The zero-order chi connectivity index (χ0) is 20.3. The van der Waals surface area contributed by atoms with Gasteiger partial charge in [0.2, 0.25) is 0 Å². The first-order valence-corrected chi connectivity index (χ1v) is 10.2. The molecule has 1 aliphatic heterocycles. The molecule has 0 saturated carbocycles. The Morgan fingerprint density at radius 1 is 0.926 bits per heavy atom. The van der Waals surface area contributed by atoms with Gasteiger partial charge in [0.25, 0.3) is 32.1 Å². The van der Waals surface area contributed by atoms with Gasteiger partial charge in [-0.25, -0.2) is 0 Å². The Balaban J connectivity index is 2.57. The second kappa shape index (κ2) is 5.97. The number of carbonyl (C=O) groups excluding carboxylic acids is 2. The van der Waals surface area contributed by atoms with Crippen LogP contribution in [0.5, 0.6) is 0 Å². The summed E-state index contributed by atoms with van der Waals surface area (Å²) in [5, 5.41) is -0.380. The van der Waals surface area contributed by atoms with Crippen LogP contribution in [0.2, 0.25) is 0 Å². The van der Waals surface area contributed by atoms with Gasteiger partial charge >= 0.3 is 0 Å². The van der Waals surface area contributed by atoms with Gasteiger partial charge in [-0.15, -0.1) is 0 Å². The molecule has 2 aromatic rings. The van der Waals surface area contributed by atoms with Crippen LogP contribution >= 0.6 is 0 Å². The van der Waals surface area contributed by atoms with Crippen molar-refractivity contribution in [3.05, 3.63) is 29.3 Å². The minimum Gasteiger partial charge on any atom is -0.397 e. The van der Waals surface area contributed by atoms with E-state index in [2.05, 4.69) is 0 Å². The third-order valence-corrected chi connectivity index (χ3v) is 5.82. The highest BCUT2D eigenvalue weighted by Crippen LogP contribution is 2.38. The standard InChI is InChI=1S/C14H13N3O8S2/c15-1-2-17-13(18)8-4-6(26(20,21)22)3-7-11(8)9(14(17)19)5-10(12(7)16)27(23,24)25/h3-5H,1-2,15-16H2,(H,20,21,22)(H,23,24,25). The highest BCUT2D eigenvalue weighted by atomic mass is 32.2. The molecule has 0 aromatic heterocycles. The van der Waals surface area contributed by atoms with E-state index in [0.717, 1.165) is 18.2 Å². The van der Waals surface area contributed by atoms with Gasteiger partial charge in [0.1, 0.15) is 4.90 Å². The van der Waals surface area contributed by atoms with Gasteiger partial charge in [-0.05, 0) is 18.2 Å². The molecule has 13 heteroatoms. The summed E-state index contributed by atoms with van der Waals surface area (Å²) < 4.78 is 65.1. The highest BCUT2D eigenvalue weighted by Gasteiger charge is 2.36. The number of imide groups is 1. The minimum absolute atomic E-state index is 0.0874. The predicted molar refractivity (Wildman–Crippen MR) is 92.4 cm³/mol. The van der Waals surface area contributed by atoms with Crippen molar-refractivity contribution in [3.8, 4) is 0 Å². The van der Waals surface area contributed by atoms with Crippen molar-refractivity contribution in [1.82, 2.24) is 4.90 Å². The number of nitrogens with two attached hydrogens (primary N) is 2. The Labute approximate surface area is 153 Å². The molecule has 11 nitrogen and oxygen atoms in total. The highest BCUT2D eigenvalue weighted by molar-refractivity contribution is 7.86. The van der Waals surface area contributed by atoms with Gasteiger partial charge in [-0.1, -0.05) is 0 Å². The van der Waals surface area contributed by atoms with E-state index >= 15 is 0 Å². The largest absolute Gasteiger partial charge is 0.397 e. The Morgan fingerprint density at radius 2 is 1.48 bits per heavy atom. The molecule has 0 atom stereocenters. The molecule has 2 aromatic carbocycles. The molecule has 2 amide bonds. The van der Waals surface area contributed by atoms with Gasteiger partial charge in [0.15, 0.2) is 0 Å². The van der Waals surface area contributed by atoms with Crippen LogP contribution in [-0.4, -0.2) is 55.7 Å². The summed E-state index contributed by atoms with van der Waals surface area (Å²) in [6.07, 6.45) is 0. The molecule has 27 heavy (non-hydrogen) atoms. The lowest BCUT2D eigenvalue weighted by molar-refractivity contribution is 0.0615. The average molecular weight is 415 g/mol. The van der Waals surface area contributed by atoms with E-state index in [4.69, 9.17) is 11.5 Å². The molecule has 0 bridgehead atoms. The first kappa shape index (κ1) is 19.2. The fourth-order valence-electron chi connectivity index (χ4n) is 2.95. The molecule has 0 radical (unpaired) electrons. The van der Waals surface area contributed by atoms with Crippen molar-refractivity contribution < 1.29 is 35.5 Å². The summed E-state index contributed by atoms with van der Waals surface area (Å²) in [5.74, 6) is -1.76. The van der Waals surface area contributed by atoms with Gasteiger partial charge in [0, 0.05) is 23.9 Å². The summed E-state index contributed by atoms with van der Waals surface area (Å²) >= 11 is 0. The maximum atomic E-state index is 12.6. The van der Waals surface area contributed by atoms with E-state index in [9.17, 15) is 35.5 Å². The van der Waals surface area contributed by atoms with E-state index in [1.807, 2.05) is 0 Å². The monoisotopic (exact) mass is 415 g/mol. The fraction of sp³-hybridized carbons (Fsp3) is 0.143. The van der Waals surface area contributed by atoms with Crippen LogP contribution in [0.15, 0.2) is 28.0 Å². The molecule has 0 fully saturated rings. The number of carbonyl (C=O) groups is 2. The van der Waals surface area contributed by atoms with Crippen molar-refractivity contribution in [2.75, 3.05) is 18.8 Å². The van der Waals surface area contributed by atoms with Crippen molar-refractivity contribution in [2.45, 2.75) is 9.79 Å². The molecular formula is C14H13N3O8S2. The molecule has 0 unspecified atom stereocenters. The molecule has 144 valence electrons. The second-order valence-electron chi connectivity index (χ2n) is 5.73. The lowest BCUT2D eigenvalue weighted by Gasteiger charge is -2.28. The normalized spacial score (nSPS) is 14.9. The average Bonchev–Trinajstić information content (AvgIpc) is 2.55. The van der Waals surface area contributed by atoms with Crippen LogP contribution in [0, 0.1) is 0 Å². The van der Waals surface area contributed by atoms with Gasteiger partial charge in [0.05, 0.1) is 21.7 Å². The summed E-state index contributed by atoms with van der Waals surface area (Å²) in [5.41, 5.74) is 10.00. The smallest absolute Gasteiger partial charge is 0.296 e. The molecule has 0 spiro atoms. The molecule has 1 aliphatic rings. The molecule has 0 saturated heterocycles. The topological polar surface area (TPSA) is 198 Å². The zero-order valence-corrected chi connectivity index (χ0v) is 15.0. The number of nitrogens with zero attached hydrogens (tertiary/aromatic N) is 1. The van der Waals surface area contributed by atoms with Crippen LogP contribution < -0.4 is 11.5 Å². The molecule has 1 heterocycles. The Bertz CT molecular complexity index is 1210. The maximum Gasteiger partial charge on any atom is 0.296 e. The van der Waals surface area contributed by atoms with Crippen molar-refractivity contribution in [1.29, 1.82) is 0 Å². The number of amides is 2. The van der Waals surface area contributed by atoms with Gasteiger partial charge in [-0.3, -0.25) is 23.6 Å². The van der Waals surface area contributed by atoms with Crippen molar-refractivity contribution >= 4 is 48.5 Å². The number of nitrogen functional groups attached to an aromatic ring is 1. The van der Waals surface area contributed by atoms with E-state index in [1.165, 1.54) is 0 Å². The predicted octanol–water partition coefficient (Wildman–Crippen LogP) is -0.530. The van der Waals surface area contributed by atoms with Crippen molar-refractivity contribution in [2.24, 2.45) is 5.73 Å². The number of rotatable bonds is 4. The van der Waals surface area contributed by atoms with Crippen LogP contribution in [-0.2, 0) is 20.2 Å². The first-order valence-electron chi connectivity index (χ1n) is 7.29. The van der Waals surface area contributed by atoms with Crippen LogP contribution in [0.4, 0.5) is 5.69 Å². The number of hydrogen-bond acceptors (Lipinski definition) is 8. The maximum absolute atomic E-state index is 12.6. The van der Waals surface area contributed by atoms with Crippen LogP contribution in [0.1, 0.15) is 20.7 Å². The Hall–Kier alpha value is -2.58. The molecule has 0 aliphatic carbocycles. The minimum atomic E-state index is -4.88. The Morgan fingerprint density at radius 3 is 1.96 bits per heavy atom. The third-order valence-electron chi connectivity index (χ3n) is 4.09. The van der Waals surface area contributed by atoms with E-state index < -0.39 is 47.5 Å². The lowest BCUT2D eigenvalue weighted by atomic mass is 9.93. The summed E-state index contributed by atoms with van der Waals surface area (Å²) in [4.78, 5) is 24.4. The fourth-order valence-corrected chi connectivity index (χ4v) is 4.14. The van der Waals surface area contributed by atoms with E-state index in [-0.39, 0.29) is 35.0 Å². The SMILES string of the molecule is NCCN1C(=O)c2cc(S(=O)(=O)O)cc3c(N)c(S(=O)(=O)O)cc(c23)C1=O. The quantitative estimate of drug-likeness (QED) is 0.286. The summed E-state index contributed by atoms with van der Waals surface area (Å²) in [6.45, 7) is -0.325. The third kappa shape index (κ3) is 2.94. The van der Waals surface area contributed by atoms with Crippen LogP contribution in [0.25, 0.3) is 10.8 Å². The number of anilines is 1. The zero-order valence-electron chi connectivity index (χ0n) is 13.4. The lowest BCUT2D eigenvalue weighted by Crippen LogP contribution is -2.43. The molecule has 6 N–H and O–H groups in total. The Kier molecular flexibility index (Phi) is 4.24. The van der Waals surface area contributed by atoms with Crippen LogP contribution in [0.3, 0.4) is 0 Å². The number of benzene rings is 2. The van der Waals surface area contributed by atoms with Gasteiger partial charge < -0.3 is 11.5 Å². The van der Waals surface area contributed by atoms with E-state index in [0.29, 0.717) is 4.90 Å². The number of hydrogen-bond donors (Lipinski definition) is 4.